The number of anilines is 1. The van der Waals surface area contributed by atoms with Crippen LogP contribution in [0.4, 0.5) is 5.69 Å². The summed E-state index contributed by atoms with van der Waals surface area (Å²) in [6.45, 7) is 0.968. The predicted octanol–water partition coefficient (Wildman–Crippen LogP) is 1.60. The van der Waals surface area contributed by atoms with E-state index in [0.29, 0.717) is 11.4 Å². The fourth-order valence-corrected chi connectivity index (χ4v) is 5.07. The Kier molecular flexibility index (Phi) is 5.02. The van der Waals surface area contributed by atoms with E-state index >= 15 is 0 Å². The third kappa shape index (κ3) is 3.36. The summed E-state index contributed by atoms with van der Waals surface area (Å²) in [7, 11) is 1.52. The van der Waals surface area contributed by atoms with Crippen molar-refractivity contribution in [2.24, 2.45) is 23.7 Å². The minimum absolute atomic E-state index is 0.253. The number of imide groups is 1. The van der Waals surface area contributed by atoms with E-state index in [1.54, 1.807) is 24.3 Å². The normalized spacial score (nSPS) is 28.3. The zero-order valence-corrected chi connectivity index (χ0v) is 16.4. The zero-order chi connectivity index (χ0) is 20.7. The van der Waals surface area contributed by atoms with Gasteiger partial charge in [-0.05, 0) is 50.2 Å². The van der Waals surface area contributed by atoms with Crippen LogP contribution >= 0.6 is 0 Å². The van der Waals surface area contributed by atoms with Crippen LogP contribution < -0.4 is 10.1 Å². The van der Waals surface area contributed by atoms with Gasteiger partial charge in [0.1, 0.15) is 11.8 Å². The number of fused-ring (bicyclic) bond motifs is 5. The van der Waals surface area contributed by atoms with Gasteiger partial charge in [0.15, 0.2) is 6.61 Å². The van der Waals surface area contributed by atoms with Gasteiger partial charge in [-0.1, -0.05) is 6.07 Å². The molecule has 0 unspecified atom stereocenters. The molecule has 154 valence electrons. The van der Waals surface area contributed by atoms with E-state index in [-0.39, 0.29) is 35.5 Å². The fourth-order valence-electron chi connectivity index (χ4n) is 5.07. The van der Waals surface area contributed by atoms with Crippen LogP contribution in [0, 0.1) is 23.7 Å². The second kappa shape index (κ2) is 7.50. The summed E-state index contributed by atoms with van der Waals surface area (Å²) in [4.78, 5) is 51.1. The molecular formula is C21H24N2O6. The molecular weight excluding hydrogens is 376 g/mol. The molecule has 1 saturated heterocycles. The Morgan fingerprint density at radius 1 is 1.17 bits per heavy atom. The van der Waals surface area contributed by atoms with Crippen LogP contribution in [-0.4, -0.2) is 48.3 Å². The number of rotatable bonds is 6. The molecule has 4 rings (SSSR count). The fraction of sp³-hybridized carbons (Fsp3) is 0.524. The Morgan fingerprint density at radius 2 is 1.83 bits per heavy atom. The Bertz CT molecular complexity index is 840. The second-order valence-corrected chi connectivity index (χ2v) is 8.00. The molecule has 3 fully saturated rings. The highest BCUT2D eigenvalue weighted by atomic mass is 16.5. The van der Waals surface area contributed by atoms with Gasteiger partial charge in [-0.3, -0.25) is 19.3 Å². The van der Waals surface area contributed by atoms with Crippen molar-refractivity contribution in [3.05, 3.63) is 24.3 Å². The standard InChI is InChI=1S/C21H24N2O6/c1-11(23-19(25)17-12-6-7-13(8-12)18(17)20(23)26)21(27)29-10-16(24)22-14-4-3-5-15(9-14)28-2/h3-5,9,11-13,17-18H,6-8,10H2,1-2H3,(H,22,24)/t11-,12-,13-,17-,18-/m0/s1. The van der Waals surface area contributed by atoms with E-state index in [1.165, 1.54) is 14.0 Å². The molecule has 8 heteroatoms. The van der Waals surface area contributed by atoms with Crippen molar-refractivity contribution < 1.29 is 28.7 Å². The lowest BCUT2D eigenvalue weighted by molar-refractivity contribution is -0.159. The van der Waals surface area contributed by atoms with E-state index in [0.717, 1.165) is 24.2 Å². The molecule has 8 nitrogen and oxygen atoms in total. The molecule has 0 aromatic heterocycles. The number of hydrogen-bond acceptors (Lipinski definition) is 6. The summed E-state index contributed by atoms with van der Waals surface area (Å²) in [5.41, 5.74) is 0.506. The van der Waals surface area contributed by atoms with Crippen LogP contribution in [0.25, 0.3) is 0 Å². The molecule has 2 bridgehead atoms. The number of carbonyl (C=O) groups excluding carboxylic acids is 4. The van der Waals surface area contributed by atoms with Crippen LogP contribution in [0.3, 0.4) is 0 Å². The first kappa shape index (κ1) is 19.4. The molecule has 0 radical (unpaired) electrons. The number of nitrogens with one attached hydrogen (secondary N) is 1. The molecule has 5 atom stereocenters. The van der Waals surface area contributed by atoms with Crippen molar-refractivity contribution in [2.75, 3.05) is 19.0 Å². The van der Waals surface area contributed by atoms with E-state index in [9.17, 15) is 19.2 Å². The number of nitrogens with zero attached hydrogens (tertiary/aromatic N) is 1. The average Bonchev–Trinajstić information content (AvgIpc) is 3.39. The average molecular weight is 400 g/mol. The second-order valence-electron chi connectivity index (χ2n) is 8.00. The highest BCUT2D eigenvalue weighted by Gasteiger charge is 2.62. The summed E-state index contributed by atoms with van der Waals surface area (Å²) < 4.78 is 10.2. The molecule has 1 aromatic rings. The lowest BCUT2D eigenvalue weighted by Crippen LogP contribution is -2.45. The number of amides is 3. The summed E-state index contributed by atoms with van der Waals surface area (Å²) in [5.74, 6) is -1.30. The first-order valence-electron chi connectivity index (χ1n) is 9.88. The molecule has 3 amide bonds. The minimum Gasteiger partial charge on any atom is -0.497 e. The number of methoxy groups -OCH3 is 1. The first-order valence-corrected chi connectivity index (χ1v) is 9.88. The number of esters is 1. The number of carbonyl (C=O) groups is 4. The van der Waals surface area contributed by atoms with Crippen LogP contribution in [0.2, 0.25) is 0 Å². The van der Waals surface area contributed by atoms with Gasteiger partial charge >= 0.3 is 5.97 Å². The van der Waals surface area contributed by atoms with Crippen LogP contribution in [0.15, 0.2) is 24.3 Å². The predicted molar refractivity (Wildman–Crippen MR) is 102 cm³/mol. The van der Waals surface area contributed by atoms with E-state index in [1.807, 2.05) is 0 Å². The third-order valence-corrected chi connectivity index (χ3v) is 6.39. The molecule has 3 aliphatic rings. The summed E-state index contributed by atoms with van der Waals surface area (Å²) >= 11 is 0. The summed E-state index contributed by atoms with van der Waals surface area (Å²) in [6, 6.07) is 5.74. The smallest absolute Gasteiger partial charge is 0.329 e. The highest BCUT2D eigenvalue weighted by Crippen LogP contribution is 2.56. The monoisotopic (exact) mass is 400 g/mol. The van der Waals surface area contributed by atoms with Gasteiger partial charge in [-0.25, -0.2) is 4.79 Å². The summed E-state index contributed by atoms with van der Waals surface area (Å²) in [6.07, 6.45) is 2.88. The quantitative estimate of drug-likeness (QED) is 0.575. The van der Waals surface area contributed by atoms with Crippen molar-refractivity contribution in [2.45, 2.75) is 32.2 Å². The number of ether oxygens (including phenoxy) is 2. The zero-order valence-electron chi connectivity index (χ0n) is 16.4. The third-order valence-electron chi connectivity index (χ3n) is 6.39. The van der Waals surface area contributed by atoms with Crippen molar-refractivity contribution in [1.29, 1.82) is 0 Å². The molecule has 0 spiro atoms. The Morgan fingerprint density at radius 3 is 2.45 bits per heavy atom. The van der Waals surface area contributed by atoms with Gasteiger partial charge in [0.25, 0.3) is 5.91 Å². The van der Waals surface area contributed by atoms with E-state index < -0.39 is 24.5 Å². The largest absolute Gasteiger partial charge is 0.497 e. The SMILES string of the molecule is COc1cccc(NC(=O)COC(=O)[C@H](C)N2C(=O)[C@H]3[C@H]4CC[C@@H](C4)[C@@H]3C2=O)c1. The van der Waals surface area contributed by atoms with Gasteiger partial charge in [0.2, 0.25) is 11.8 Å². The molecule has 2 aliphatic carbocycles. The van der Waals surface area contributed by atoms with Crippen molar-refractivity contribution >= 4 is 29.4 Å². The molecule has 1 N–H and O–H groups in total. The lowest BCUT2D eigenvalue weighted by Gasteiger charge is -2.23. The minimum atomic E-state index is -1.04. The summed E-state index contributed by atoms with van der Waals surface area (Å²) in [5, 5.41) is 2.61. The molecule has 1 heterocycles. The van der Waals surface area contributed by atoms with Gasteiger partial charge in [0.05, 0.1) is 18.9 Å². The molecule has 29 heavy (non-hydrogen) atoms. The molecule has 1 aromatic carbocycles. The topological polar surface area (TPSA) is 102 Å². The molecule has 1 aliphatic heterocycles. The maximum atomic E-state index is 12.8. The van der Waals surface area contributed by atoms with Gasteiger partial charge in [-0.15, -0.1) is 0 Å². The van der Waals surface area contributed by atoms with Crippen LogP contribution in [-0.2, 0) is 23.9 Å². The van der Waals surface area contributed by atoms with E-state index in [4.69, 9.17) is 9.47 Å². The van der Waals surface area contributed by atoms with Crippen molar-refractivity contribution in [3.8, 4) is 5.75 Å². The van der Waals surface area contributed by atoms with Crippen LogP contribution in [0.1, 0.15) is 26.2 Å². The lowest BCUT2D eigenvalue weighted by atomic mass is 9.81. The number of likely N-dealkylation sites (tertiary alicyclic amines) is 1. The van der Waals surface area contributed by atoms with Gasteiger partial charge < -0.3 is 14.8 Å². The van der Waals surface area contributed by atoms with Gasteiger partial charge in [-0.2, -0.15) is 0 Å². The Hall–Kier alpha value is -2.90. The maximum Gasteiger partial charge on any atom is 0.329 e. The number of benzene rings is 1. The van der Waals surface area contributed by atoms with Crippen molar-refractivity contribution in [3.63, 3.8) is 0 Å². The van der Waals surface area contributed by atoms with Crippen molar-refractivity contribution in [1.82, 2.24) is 4.90 Å². The molecule has 2 saturated carbocycles. The Labute approximate surface area is 168 Å². The Balaban J connectivity index is 1.33. The van der Waals surface area contributed by atoms with Crippen LogP contribution in [0.5, 0.6) is 5.75 Å². The maximum absolute atomic E-state index is 12.8. The van der Waals surface area contributed by atoms with Gasteiger partial charge in [0, 0.05) is 11.8 Å². The van der Waals surface area contributed by atoms with E-state index in [2.05, 4.69) is 5.32 Å². The first-order chi connectivity index (χ1) is 13.9. The highest BCUT2D eigenvalue weighted by molar-refractivity contribution is 6.08. The number of hydrogen-bond donors (Lipinski definition) is 1.